The highest BCUT2D eigenvalue weighted by molar-refractivity contribution is 5.78. The van der Waals surface area contributed by atoms with Crippen LogP contribution in [0.15, 0.2) is 24.3 Å². The van der Waals surface area contributed by atoms with Gasteiger partial charge in [0.05, 0.1) is 12.5 Å². The van der Waals surface area contributed by atoms with Gasteiger partial charge in [0.1, 0.15) is 0 Å². The van der Waals surface area contributed by atoms with Gasteiger partial charge in [-0.1, -0.05) is 25.0 Å². The second-order valence-electron chi connectivity index (χ2n) is 5.33. The van der Waals surface area contributed by atoms with E-state index in [0.29, 0.717) is 18.7 Å². The number of rotatable bonds is 4. The van der Waals surface area contributed by atoms with Gasteiger partial charge in [0, 0.05) is 18.2 Å². The second kappa shape index (κ2) is 6.57. The summed E-state index contributed by atoms with van der Waals surface area (Å²) in [7, 11) is 0. The molecular formula is C15H22N2O2. The van der Waals surface area contributed by atoms with Crippen molar-refractivity contribution >= 4 is 11.6 Å². The lowest BCUT2D eigenvalue weighted by Crippen LogP contribution is -2.37. The Morgan fingerprint density at radius 1 is 1.26 bits per heavy atom. The Morgan fingerprint density at radius 2 is 1.95 bits per heavy atom. The number of anilines is 1. The topological polar surface area (TPSA) is 75.4 Å². The van der Waals surface area contributed by atoms with Crippen LogP contribution in [0.4, 0.5) is 5.69 Å². The molecule has 1 aromatic rings. The van der Waals surface area contributed by atoms with E-state index in [1.54, 1.807) is 12.1 Å². The molecule has 1 amide bonds. The van der Waals surface area contributed by atoms with Gasteiger partial charge in [-0.25, -0.2) is 0 Å². The lowest BCUT2D eigenvalue weighted by atomic mass is 9.86. The number of hydrogen-bond acceptors (Lipinski definition) is 3. The van der Waals surface area contributed by atoms with Crippen molar-refractivity contribution in [1.82, 2.24) is 5.32 Å². The minimum atomic E-state index is -0.259. The summed E-state index contributed by atoms with van der Waals surface area (Å²) in [5.74, 6) is 0.215. The highest BCUT2D eigenvalue weighted by Crippen LogP contribution is 2.23. The summed E-state index contributed by atoms with van der Waals surface area (Å²) in [5, 5.41) is 12.8. The van der Waals surface area contributed by atoms with Crippen molar-refractivity contribution in [3.8, 4) is 0 Å². The highest BCUT2D eigenvalue weighted by Gasteiger charge is 2.23. The number of nitrogens with one attached hydrogen (secondary N) is 1. The van der Waals surface area contributed by atoms with Crippen LogP contribution in [0.2, 0.25) is 0 Å². The van der Waals surface area contributed by atoms with Crippen molar-refractivity contribution in [2.75, 3.05) is 12.3 Å². The van der Waals surface area contributed by atoms with Crippen molar-refractivity contribution in [2.45, 2.75) is 38.2 Å². The van der Waals surface area contributed by atoms with Crippen LogP contribution >= 0.6 is 0 Å². The van der Waals surface area contributed by atoms with E-state index in [2.05, 4.69) is 5.32 Å². The minimum absolute atomic E-state index is 0.00236. The van der Waals surface area contributed by atoms with Crippen molar-refractivity contribution < 1.29 is 9.90 Å². The number of aliphatic hydroxyl groups excluding tert-OH is 1. The van der Waals surface area contributed by atoms with Crippen molar-refractivity contribution in [1.29, 1.82) is 0 Å². The number of carbonyl (C=O) groups is 1. The summed E-state index contributed by atoms with van der Waals surface area (Å²) >= 11 is 0. The molecule has 1 aliphatic rings. The maximum atomic E-state index is 11.8. The van der Waals surface area contributed by atoms with Gasteiger partial charge in [-0.05, 0) is 30.5 Å². The molecule has 1 aliphatic carbocycles. The third-order valence-corrected chi connectivity index (χ3v) is 3.77. The van der Waals surface area contributed by atoms with Crippen LogP contribution in [0.5, 0.6) is 0 Å². The second-order valence-corrected chi connectivity index (χ2v) is 5.33. The lowest BCUT2D eigenvalue weighted by Gasteiger charge is -2.27. The summed E-state index contributed by atoms with van der Waals surface area (Å²) < 4.78 is 0. The van der Waals surface area contributed by atoms with Gasteiger partial charge >= 0.3 is 0 Å². The Hall–Kier alpha value is -1.55. The molecule has 1 saturated carbocycles. The zero-order valence-electron chi connectivity index (χ0n) is 11.1. The molecule has 0 spiro atoms. The number of nitrogen functional groups attached to an aromatic ring is 1. The predicted octanol–water partition coefficient (Wildman–Crippen LogP) is 1.48. The molecule has 104 valence electrons. The number of hydrogen-bond donors (Lipinski definition) is 3. The quantitative estimate of drug-likeness (QED) is 0.719. The smallest absolute Gasteiger partial charge is 0.224 e. The molecule has 1 fully saturated rings. The predicted molar refractivity (Wildman–Crippen MR) is 75.5 cm³/mol. The molecular weight excluding hydrogens is 240 g/mol. The Morgan fingerprint density at radius 3 is 2.63 bits per heavy atom. The molecule has 2 atom stereocenters. The Balaban J connectivity index is 1.76. The standard InChI is InChI=1S/C15H22N2O2/c16-13-7-5-11(6-8-13)9-15(19)17-10-12-3-1-2-4-14(12)18/h5-8,12,14,18H,1-4,9-10,16H2,(H,17,19). The lowest BCUT2D eigenvalue weighted by molar-refractivity contribution is -0.120. The van der Waals surface area contributed by atoms with Crippen molar-refractivity contribution in [3.63, 3.8) is 0 Å². The van der Waals surface area contributed by atoms with Gasteiger partial charge in [0.15, 0.2) is 0 Å². The fourth-order valence-electron chi connectivity index (χ4n) is 2.55. The zero-order valence-corrected chi connectivity index (χ0v) is 11.1. The number of benzene rings is 1. The first-order valence-electron chi connectivity index (χ1n) is 6.94. The largest absolute Gasteiger partial charge is 0.399 e. The van der Waals surface area contributed by atoms with Gasteiger partial charge in [-0.15, -0.1) is 0 Å². The van der Waals surface area contributed by atoms with Gasteiger partial charge in [0.25, 0.3) is 0 Å². The molecule has 0 bridgehead atoms. The Kier molecular flexibility index (Phi) is 4.80. The average Bonchev–Trinajstić information content (AvgIpc) is 2.40. The molecule has 2 rings (SSSR count). The number of aliphatic hydroxyl groups is 1. The third kappa shape index (κ3) is 4.24. The normalized spacial score (nSPS) is 23.0. The SMILES string of the molecule is Nc1ccc(CC(=O)NCC2CCCCC2O)cc1. The first kappa shape index (κ1) is 13.9. The van der Waals surface area contributed by atoms with Crippen LogP contribution in [-0.4, -0.2) is 23.7 Å². The zero-order chi connectivity index (χ0) is 13.7. The van der Waals surface area contributed by atoms with E-state index in [4.69, 9.17) is 5.73 Å². The molecule has 0 heterocycles. The van der Waals surface area contributed by atoms with E-state index in [1.165, 1.54) is 0 Å². The maximum Gasteiger partial charge on any atom is 0.224 e. The van der Waals surface area contributed by atoms with E-state index < -0.39 is 0 Å². The number of carbonyl (C=O) groups excluding carboxylic acids is 1. The fourth-order valence-corrected chi connectivity index (χ4v) is 2.55. The maximum absolute atomic E-state index is 11.8. The number of nitrogens with two attached hydrogens (primary N) is 1. The fraction of sp³-hybridized carbons (Fsp3) is 0.533. The summed E-state index contributed by atoms with van der Waals surface area (Å²) in [6.07, 6.45) is 4.21. The van der Waals surface area contributed by atoms with Gasteiger partial charge in [0.2, 0.25) is 5.91 Å². The molecule has 2 unspecified atom stereocenters. The minimum Gasteiger partial charge on any atom is -0.399 e. The van der Waals surface area contributed by atoms with E-state index in [9.17, 15) is 9.90 Å². The van der Waals surface area contributed by atoms with Gasteiger partial charge in [-0.3, -0.25) is 4.79 Å². The van der Waals surface area contributed by atoms with Crippen LogP contribution in [0, 0.1) is 5.92 Å². The van der Waals surface area contributed by atoms with E-state index in [1.807, 2.05) is 12.1 Å². The van der Waals surface area contributed by atoms with Gasteiger partial charge < -0.3 is 16.2 Å². The van der Waals surface area contributed by atoms with Gasteiger partial charge in [-0.2, -0.15) is 0 Å². The van der Waals surface area contributed by atoms with Crippen LogP contribution in [-0.2, 0) is 11.2 Å². The van der Waals surface area contributed by atoms with Crippen molar-refractivity contribution in [3.05, 3.63) is 29.8 Å². The molecule has 0 aromatic heterocycles. The van der Waals surface area contributed by atoms with Crippen LogP contribution < -0.4 is 11.1 Å². The van der Waals surface area contributed by atoms with Crippen molar-refractivity contribution in [2.24, 2.45) is 5.92 Å². The summed E-state index contributed by atoms with van der Waals surface area (Å²) in [6.45, 7) is 0.578. The molecule has 1 aromatic carbocycles. The van der Waals surface area contributed by atoms with Crippen LogP contribution in [0.25, 0.3) is 0 Å². The molecule has 4 heteroatoms. The van der Waals surface area contributed by atoms with E-state index in [-0.39, 0.29) is 17.9 Å². The van der Waals surface area contributed by atoms with E-state index >= 15 is 0 Å². The molecule has 0 radical (unpaired) electrons. The molecule has 19 heavy (non-hydrogen) atoms. The number of amides is 1. The molecule has 4 N–H and O–H groups in total. The summed E-state index contributed by atoms with van der Waals surface area (Å²) in [4.78, 5) is 11.8. The third-order valence-electron chi connectivity index (χ3n) is 3.77. The molecule has 0 saturated heterocycles. The first-order valence-corrected chi connectivity index (χ1v) is 6.94. The average molecular weight is 262 g/mol. The van der Waals surface area contributed by atoms with Crippen LogP contribution in [0.1, 0.15) is 31.2 Å². The summed E-state index contributed by atoms with van der Waals surface area (Å²) in [5.41, 5.74) is 7.26. The molecule has 4 nitrogen and oxygen atoms in total. The summed E-state index contributed by atoms with van der Waals surface area (Å²) in [6, 6.07) is 7.33. The monoisotopic (exact) mass is 262 g/mol. The Bertz CT molecular complexity index is 417. The van der Waals surface area contributed by atoms with Crippen LogP contribution in [0.3, 0.4) is 0 Å². The first-order chi connectivity index (χ1) is 9.15. The Labute approximate surface area is 114 Å². The molecule has 0 aliphatic heterocycles. The van der Waals surface area contributed by atoms with E-state index in [0.717, 1.165) is 31.2 Å². The highest BCUT2D eigenvalue weighted by atomic mass is 16.3.